The van der Waals surface area contributed by atoms with Gasteiger partial charge in [0.25, 0.3) is 5.56 Å². The number of aromatic hydroxyl groups is 1. The van der Waals surface area contributed by atoms with Crippen LogP contribution in [0.5, 0.6) is 5.75 Å². The minimum absolute atomic E-state index is 0.166. The summed E-state index contributed by atoms with van der Waals surface area (Å²) in [4.78, 5) is 55.1. The number of pyridine rings is 1. The van der Waals surface area contributed by atoms with Gasteiger partial charge in [0, 0.05) is 43.3 Å². The fraction of sp³-hybridized carbons (Fsp3) is 0.333. The van der Waals surface area contributed by atoms with Gasteiger partial charge in [-0.2, -0.15) is 0 Å². The zero-order chi connectivity index (χ0) is 24.2. The van der Waals surface area contributed by atoms with E-state index in [4.69, 9.17) is 9.15 Å². The van der Waals surface area contributed by atoms with Gasteiger partial charge in [0.15, 0.2) is 5.76 Å². The van der Waals surface area contributed by atoms with Crippen LogP contribution in [0.4, 0.5) is 0 Å². The van der Waals surface area contributed by atoms with E-state index in [2.05, 4.69) is 4.98 Å². The van der Waals surface area contributed by atoms with Crippen LogP contribution in [0.15, 0.2) is 50.4 Å². The maximum Gasteiger partial charge on any atom is 0.306 e. The van der Waals surface area contributed by atoms with Crippen molar-refractivity contribution < 1.29 is 23.8 Å². The molecule has 1 aliphatic heterocycles. The fourth-order valence-electron chi connectivity index (χ4n) is 4.13. The summed E-state index contributed by atoms with van der Waals surface area (Å²) in [5, 5.41) is 11.3. The smallest absolute Gasteiger partial charge is 0.306 e. The predicted octanol–water partition coefficient (Wildman–Crippen LogP) is 1.16. The van der Waals surface area contributed by atoms with Gasteiger partial charge in [-0.05, 0) is 17.5 Å². The minimum atomic E-state index is -1.04. The molecular weight excluding hydrogens is 442 g/mol. The molecule has 1 saturated heterocycles. The molecule has 0 unspecified atom stereocenters. The number of benzene rings is 1. The molecule has 1 amide bonds. The lowest BCUT2D eigenvalue weighted by Gasteiger charge is -2.32. The number of carbonyl (C=O) groups is 2. The van der Waals surface area contributed by atoms with Crippen molar-refractivity contribution in [2.45, 2.75) is 18.9 Å². The van der Waals surface area contributed by atoms with Gasteiger partial charge in [0.2, 0.25) is 17.6 Å². The molecule has 178 valence electrons. The molecule has 0 spiro atoms. The molecule has 0 saturated carbocycles. The van der Waals surface area contributed by atoms with Crippen LogP contribution < -0.4 is 11.0 Å². The molecule has 4 rings (SSSR count). The Morgan fingerprint density at radius 3 is 2.65 bits per heavy atom. The first kappa shape index (κ1) is 23.2. The highest BCUT2D eigenvalue weighted by Gasteiger charge is 2.29. The van der Waals surface area contributed by atoms with Crippen molar-refractivity contribution in [1.82, 2.24) is 14.8 Å². The molecule has 3 aromatic rings. The Balaban J connectivity index is 1.75. The van der Waals surface area contributed by atoms with E-state index < -0.39 is 28.6 Å². The Kier molecular flexibility index (Phi) is 6.78. The van der Waals surface area contributed by atoms with Crippen LogP contribution >= 0.6 is 0 Å². The first-order valence-electron chi connectivity index (χ1n) is 10.9. The third-order valence-corrected chi connectivity index (χ3v) is 6.01. The largest absolute Gasteiger partial charge is 0.502 e. The molecule has 0 bridgehead atoms. The van der Waals surface area contributed by atoms with Gasteiger partial charge < -0.3 is 24.1 Å². The molecular formula is C24H25N3O7. The number of piperazine rings is 1. The number of para-hydroxylation sites is 1. The number of esters is 1. The Bertz CT molecular complexity index is 1320. The number of hydrogen-bond acceptors (Lipinski definition) is 8. The highest BCUT2D eigenvalue weighted by molar-refractivity contribution is 5.79. The number of ether oxygens (including phenoxy) is 1. The highest BCUT2D eigenvalue weighted by atomic mass is 16.5. The SMILES string of the molecule is COC(=O)C[C@H](c1oc(CN2CCN(C=O)CC2)cc(=O)c1O)c1cc2ccccc2[nH]c1=O. The van der Waals surface area contributed by atoms with E-state index in [9.17, 15) is 24.3 Å². The third kappa shape index (κ3) is 4.86. The molecule has 1 fully saturated rings. The molecule has 1 atom stereocenters. The summed E-state index contributed by atoms with van der Waals surface area (Å²) in [5.41, 5.74) is -0.360. The fourth-order valence-corrected chi connectivity index (χ4v) is 4.13. The molecule has 3 heterocycles. The average Bonchev–Trinajstić information content (AvgIpc) is 2.85. The number of hydrogen-bond donors (Lipinski definition) is 2. The molecule has 2 N–H and O–H groups in total. The summed E-state index contributed by atoms with van der Waals surface area (Å²) in [7, 11) is 1.22. The second-order valence-electron chi connectivity index (χ2n) is 8.18. The van der Waals surface area contributed by atoms with E-state index >= 15 is 0 Å². The molecule has 1 aromatic carbocycles. The van der Waals surface area contributed by atoms with Gasteiger partial charge in [-0.1, -0.05) is 18.2 Å². The number of nitrogens with one attached hydrogen (secondary N) is 1. The summed E-state index contributed by atoms with van der Waals surface area (Å²) in [6, 6.07) is 9.96. The van der Waals surface area contributed by atoms with Crippen molar-refractivity contribution in [3.05, 3.63) is 74.1 Å². The van der Waals surface area contributed by atoms with Crippen molar-refractivity contribution in [3.8, 4) is 5.75 Å². The van der Waals surface area contributed by atoms with E-state index in [1.807, 2.05) is 11.0 Å². The number of rotatable bonds is 7. The van der Waals surface area contributed by atoms with Gasteiger partial charge in [-0.25, -0.2) is 0 Å². The Morgan fingerprint density at radius 1 is 1.21 bits per heavy atom. The number of nitrogens with zero attached hydrogens (tertiary/aromatic N) is 2. The van der Waals surface area contributed by atoms with Crippen LogP contribution in [0, 0.1) is 0 Å². The van der Waals surface area contributed by atoms with Gasteiger partial charge >= 0.3 is 5.97 Å². The summed E-state index contributed by atoms with van der Waals surface area (Å²) in [6.45, 7) is 2.56. The normalized spacial score (nSPS) is 15.3. The highest BCUT2D eigenvalue weighted by Crippen LogP contribution is 2.33. The molecule has 0 radical (unpaired) electrons. The number of amides is 1. The summed E-state index contributed by atoms with van der Waals surface area (Å²) < 4.78 is 10.7. The first-order chi connectivity index (χ1) is 16.4. The lowest BCUT2D eigenvalue weighted by Crippen LogP contribution is -2.45. The number of aromatic nitrogens is 1. The lowest BCUT2D eigenvalue weighted by molar-refractivity contribution is -0.141. The first-order valence-corrected chi connectivity index (χ1v) is 10.9. The second-order valence-corrected chi connectivity index (χ2v) is 8.18. The van der Waals surface area contributed by atoms with Crippen LogP contribution in [-0.2, 0) is 20.9 Å². The summed E-state index contributed by atoms with van der Waals surface area (Å²) in [6.07, 6.45) is 0.491. The molecule has 10 nitrogen and oxygen atoms in total. The van der Waals surface area contributed by atoms with Crippen LogP contribution in [0.25, 0.3) is 10.9 Å². The van der Waals surface area contributed by atoms with E-state index in [1.165, 1.54) is 13.2 Å². The predicted molar refractivity (Wildman–Crippen MR) is 123 cm³/mol. The van der Waals surface area contributed by atoms with E-state index in [-0.39, 0.29) is 30.0 Å². The molecule has 2 aromatic heterocycles. The van der Waals surface area contributed by atoms with E-state index in [0.29, 0.717) is 31.7 Å². The van der Waals surface area contributed by atoms with Crippen LogP contribution in [0.3, 0.4) is 0 Å². The third-order valence-electron chi connectivity index (χ3n) is 6.01. The second kappa shape index (κ2) is 9.92. The van der Waals surface area contributed by atoms with Crippen LogP contribution in [0.1, 0.15) is 29.4 Å². The lowest BCUT2D eigenvalue weighted by atomic mass is 9.92. The van der Waals surface area contributed by atoms with E-state index in [1.54, 1.807) is 29.2 Å². The quantitative estimate of drug-likeness (QED) is 0.391. The molecule has 34 heavy (non-hydrogen) atoms. The standard InChI is InChI=1S/C24H25N3O7/c1-33-21(30)12-17(18-10-15-4-2-3-5-19(15)25-24(18)32)23-22(31)20(29)11-16(34-23)13-26-6-8-27(14-28)9-7-26/h2-5,10-11,14,17,31H,6-9,12-13H2,1H3,(H,25,32)/t17-/m0/s1. The maximum absolute atomic E-state index is 12.9. The number of methoxy groups -OCH3 is 1. The van der Waals surface area contributed by atoms with Crippen molar-refractivity contribution in [1.29, 1.82) is 0 Å². The van der Waals surface area contributed by atoms with Crippen molar-refractivity contribution >= 4 is 23.3 Å². The maximum atomic E-state index is 12.9. The van der Waals surface area contributed by atoms with Crippen molar-refractivity contribution in [2.24, 2.45) is 0 Å². The zero-order valence-corrected chi connectivity index (χ0v) is 18.7. The van der Waals surface area contributed by atoms with Gasteiger partial charge in [-0.3, -0.25) is 24.1 Å². The summed E-state index contributed by atoms with van der Waals surface area (Å²) in [5.74, 6) is -2.21. The Labute approximate surface area is 194 Å². The zero-order valence-electron chi connectivity index (χ0n) is 18.7. The average molecular weight is 467 g/mol. The van der Waals surface area contributed by atoms with Gasteiger partial charge in [0.1, 0.15) is 5.76 Å². The van der Waals surface area contributed by atoms with Crippen molar-refractivity contribution in [3.63, 3.8) is 0 Å². The van der Waals surface area contributed by atoms with Gasteiger partial charge in [-0.15, -0.1) is 0 Å². The monoisotopic (exact) mass is 467 g/mol. The topological polar surface area (TPSA) is 133 Å². The number of H-pyrrole nitrogens is 1. The number of carbonyl (C=O) groups excluding carboxylic acids is 2. The van der Waals surface area contributed by atoms with Crippen LogP contribution in [-0.4, -0.2) is 65.6 Å². The molecule has 0 aliphatic carbocycles. The van der Waals surface area contributed by atoms with E-state index in [0.717, 1.165) is 11.8 Å². The van der Waals surface area contributed by atoms with Crippen molar-refractivity contribution in [2.75, 3.05) is 33.3 Å². The minimum Gasteiger partial charge on any atom is -0.502 e. The van der Waals surface area contributed by atoms with Gasteiger partial charge in [0.05, 0.1) is 26.0 Å². The molecule has 1 aliphatic rings. The Morgan fingerprint density at radius 2 is 1.94 bits per heavy atom. The Hall–Kier alpha value is -3.92. The number of aromatic amines is 1. The summed E-state index contributed by atoms with van der Waals surface area (Å²) >= 11 is 0. The molecule has 10 heteroatoms. The van der Waals surface area contributed by atoms with Crippen LogP contribution in [0.2, 0.25) is 0 Å². The number of fused-ring (bicyclic) bond motifs is 1.